The van der Waals surface area contributed by atoms with Crippen LogP contribution in [0.3, 0.4) is 0 Å². The Bertz CT molecular complexity index is 357. The lowest BCUT2D eigenvalue weighted by atomic mass is 10.1. The van der Waals surface area contributed by atoms with Crippen LogP contribution in [0.15, 0.2) is 24.3 Å². The fourth-order valence-electron chi connectivity index (χ4n) is 1.35. The molecule has 1 atom stereocenters. The maximum Gasteiger partial charge on any atom is 0.323 e. The van der Waals surface area contributed by atoms with Gasteiger partial charge in [-0.25, -0.2) is 0 Å². The molecule has 0 amide bonds. The molecule has 1 aromatic carbocycles. The van der Waals surface area contributed by atoms with Gasteiger partial charge in [0.2, 0.25) is 0 Å². The zero-order chi connectivity index (χ0) is 12.7. The largest absolute Gasteiger partial charge is 0.497 e. The van der Waals surface area contributed by atoms with Crippen LogP contribution in [-0.2, 0) is 16.0 Å². The van der Waals surface area contributed by atoms with Crippen molar-refractivity contribution in [3.63, 3.8) is 0 Å². The van der Waals surface area contributed by atoms with Crippen molar-refractivity contribution in [2.75, 3.05) is 19.6 Å². The number of esters is 1. The predicted octanol–water partition coefficient (Wildman–Crippen LogP) is 1.77. The minimum absolute atomic E-state index is 0. The molecule has 0 heterocycles. The normalized spacial score (nSPS) is 11.3. The summed E-state index contributed by atoms with van der Waals surface area (Å²) in [5.41, 5.74) is 6.67. The first-order valence-electron chi connectivity index (χ1n) is 5.28. The lowest BCUT2D eigenvalue weighted by Gasteiger charge is -2.11. The van der Waals surface area contributed by atoms with Crippen LogP contribution in [0.2, 0.25) is 0 Å². The molecule has 0 saturated carbocycles. The van der Waals surface area contributed by atoms with Gasteiger partial charge in [-0.2, -0.15) is 0 Å². The zero-order valence-corrected chi connectivity index (χ0v) is 11.7. The topological polar surface area (TPSA) is 61.5 Å². The van der Waals surface area contributed by atoms with E-state index in [4.69, 9.17) is 26.8 Å². The number of carbonyl (C=O) groups is 1. The Morgan fingerprint density at radius 3 is 2.50 bits per heavy atom. The molecule has 18 heavy (non-hydrogen) atoms. The molecule has 2 N–H and O–H groups in total. The summed E-state index contributed by atoms with van der Waals surface area (Å²) in [6, 6.07) is 6.73. The molecule has 102 valence electrons. The summed E-state index contributed by atoms with van der Waals surface area (Å²) in [7, 11) is 1.60. The maximum atomic E-state index is 11.4. The monoisotopic (exact) mass is 293 g/mol. The average molecular weight is 294 g/mol. The van der Waals surface area contributed by atoms with E-state index in [0.29, 0.717) is 6.42 Å². The van der Waals surface area contributed by atoms with Gasteiger partial charge >= 0.3 is 5.97 Å². The molecule has 1 aromatic rings. The Labute approximate surface area is 118 Å². The number of nitrogens with two attached hydrogens (primary N) is 1. The quantitative estimate of drug-likeness (QED) is 0.641. The second kappa shape index (κ2) is 9.03. The van der Waals surface area contributed by atoms with Crippen LogP contribution in [-0.4, -0.2) is 31.6 Å². The Balaban J connectivity index is 0.00000289. The lowest BCUT2D eigenvalue weighted by molar-refractivity contribution is -0.144. The number of rotatable bonds is 6. The van der Waals surface area contributed by atoms with Crippen LogP contribution in [0.5, 0.6) is 5.75 Å². The summed E-state index contributed by atoms with van der Waals surface area (Å²) in [4.78, 5) is 11.4. The fourth-order valence-corrected chi connectivity index (χ4v) is 1.42. The van der Waals surface area contributed by atoms with Gasteiger partial charge in [0.1, 0.15) is 18.4 Å². The Hall–Kier alpha value is -0.970. The molecule has 4 nitrogen and oxygen atoms in total. The van der Waals surface area contributed by atoms with E-state index < -0.39 is 12.0 Å². The van der Waals surface area contributed by atoms with Crippen molar-refractivity contribution >= 4 is 30.0 Å². The van der Waals surface area contributed by atoms with Crippen molar-refractivity contribution in [3.05, 3.63) is 29.8 Å². The Morgan fingerprint density at radius 1 is 1.39 bits per heavy atom. The van der Waals surface area contributed by atoms with Crippen molar-refractivity contribution in [3.8, 4) is 5.75 Å². The molecule has 0 aliphatic carbocycles. The van der Waals surface area contributed by atoms with Crippen molar-refractivity contribution < 1.29 is 14.3 Å². The Kier molecular flexibility index (Phi) is 8.54. The number of alkyl halides is 1. The second-order valence-electron chi connectivity index (χ2n) is 3.52. The maximum absolute atomic E-state index is 11.4. The van der Waals surface area contributed by atoms with E-state index in [1.807, 2.05) is 24.3 Å². The smallest absolute Gasteiger partial charge is 0.323 e. The lowest BCUT2D eigenvalue weighted by Crippen LogP contribution is -2.34. The minimum Gasteiger partial charge on any atom is -0.497 e. The van der Waals surface area contributed by atoms with Gasteiger partial charge in [-0.05, 0) is 24.1 Å². The van der Waals surface area contributed by atoms with Crippen molar-refractivity contribution in [2.24, 2.45) is 5.73 Å². The SMILES string of the molecule is COc1ccc(C[C@H](N)C(=O)OCCCl)cc1.Cl. The van der Waals surface area contributed by atoms with Gasteiger partial charge in [-0.3, -0.25) is 4.79 Å². The third-order valence-corrected chi connectivity index (χ3v) is 2.39. The van der Waals surface area contributed by atoms with E-state index in [9.17, 15) is 4.79 Å². The molecule has 0 aliphatic rings. The van der Waals surface area contributed by atoms with Crippen LogP contribution < -0.4 is 10.5 Å². The van der Waals surface area contributed by atoms with Crippen molar-refractivity contribution in [1.29, 1.82) is 0 Å². The van der Waals surface area contributed by atoms with E-state index in [2.05, 4.69) is 0 Å². The third-order valence-electron chi connectivity index (χ3n) is 2.24. The summed E-state index contributed by atoms with van der Waals surface area (Å²) in [6.45, 7) is 0.191. The first kappa shape index (κ1) is 17.0. The summed E-state index contributed by atoms with van der Waals surface area (Å²) in [5, 5.41) is 0. The molecular weight excluding hydrogens is 277 g/mol. The summed E-state index contributed by atoms with van der Waals surface area (Å²) >= 11 is 5.41. The number of halogens is 2. The molecule has 0 radical (unpaired) electrons. The zero-order valence-electron chi connectivity index (χ0n) is 10.1. The number of benzene rings is 1. The number of ether oxygens (including phenoxy) is 2. The van der Waals surface area contributed by atoms with Gasteiger partial charge < -0.3 is 15.2 Å². The van der Waals surface area contributed by atoms with Crippen LogP contribution in [0.25, 0.3) is 0 Å². The Morgan fingerprint density at radius 2 is 2.00 bits per heavy atom. The first-order chi connectivity index (χ1) is 8.17. The number of carbonyl (C=O) groups excluding carboxylic acids is 1. The van der Waals surface area contributed by atoms with Gasteiger partial charge in [0, 0.05) is 0 Å². The van der Waals surface area contributed by atoms with Gasteiger partial charge in [-0.15, -0.1) is 24.0 Å². The molecule has 1 rings (SSSR count). The number of methoxy groups -OCH3 is 1. The molecule has 6 heteroatoms. The van der Waals surface area contributed by atoms with Crippen LogP contribution >= 0.6 is 24.0 Å². The first-order valence-corrected chi connectivity index (χ1v) is 5.82. The highest BCUT2D eigenvalue weighted by Gasteiger charge is 2.15. The summed E-state index contributed by atoms with van der Waals surface area (Å²) < 4.78 is 9.89. The summed E-state index contributed by atoms with van der Waals surface area (Å²) in [5.74, 6) is 0.620. The summed E-state index contributed by atoms with van der Waals surface area (Å²) in [6.07, 6.45) is 0.436. The third kappa shape index (κ3) is 5.58. The van der Waals surface area contributed by atoms with Crippen molar-refractivity contribution in [2.45, 2.75) is 12.5 Å². The average Bonchev–Trinajstić information content (AvgIpc) is 2.36. The van der Waals surface area contributed by atoms with E-state index >= 15 is 0 Å². The second-order valence-corrected chi connectivity index (χ2v) is 3.89. The minimum atomic E-state index is -0.661. The van der Waals surface area contributed by atoms with Gasteiger partial charge in [0.25, 0.3) is 0 Å². The molecule has 0 unspecified atom stereocenters. The van der Waals surface area contributed by atoms with Crippen LogP contribution in [0.1, 0.15) is 5.56 Å². The van der Waals surface area contributed by atoms with E-state index in [1.54, 1.807) is 7.11 Å². The van der Waals surface area contributed by atoms with Crippen LogP contribution in [0, 0.1) is 0 Å². The fraction of sp³-hybridized carbons (Fsp3) is 0.417. The van der Waals surface area contributed by atoms with E-state index in [1.165, 1.54) is 0 Å². The van der Waals surface area contributed by atoms with Crippen molar-refractivity contribution in [1.82, 2.24) is 0 Å². The highest BCUT2D eigenvalue weighted by atomic mass is 35.5. The molecule has 0 bridgehead atoms. The molecule has 0 aromatic heterocycles. The molecule has 0 fully saturated rings. The predicted molar refractivity (Wildman–Crippen MR) is 73.6 cm³/mol. The molecular formula is C12H17Cl2NO3. The molecule has 0 spiro atoms. The standard InChI is InChI=1S/C12H16ClNO3.ClH/c1-16-10-4-2-9(3-5-10)8-11(14)12(15)17-7-6-13;/h2-5,11H,6-8,14H2,1H3;1H/t11-;/m0./s1. The number of hydrogen-bond donors (Lipinski definition) is 1. The van der Waals surface area contributed by atoms with Gasteiger partial charge in [-0.1, -0.05) is 12.1 Å². The van der Waals surface area contributed by atoms with Gasteiger partial charge in [0.15, 0.2) is 0 Å². The highest BCUT2D eigenvalue weighted by molar-refractivity contribution is 6.18. The molecule has 0 saturated heterocycles. The van der Waals surface area contributed by atoms with E-state index in [0.717, 1.165) is 11.3 Å². The number of hydrogen-bond acceptors (Lipinski definition) is 4. The highest BCUT2D eigenvalue weighted by Crippen LogP contribution is 2.12. The van der Waals surface area contributed by atoms with Crippen LogP contribution in [0.4, 0.5) is 0 Å². The van der Waals surface area contributed by atoms with Gasteiger partial charge in [0.05, 0.1) is 13.0 Å². The van der Waals surface area contributed by atoms with E-state index in [-0.39, 0.29) is 24.9 Å². The molecule has 0 aliphatic heterocycles.